The smallest absolute Gasteiger partial charge is 0.124 e. The summed E-state index contributed by atoms with van der Waals surface area (Å²) in [5.74, 6) is 0. The number of anilines is 3. The number of aromatic nitrogens is 1. The van der Waals surface area contributed by atoms with E-state index in [0.717, 1.165) is 27.6 Å². The number of para-hydroxylation sites is 1. The van der Waals surface area contributed by atoms with Gasteiger partial charge in [0.05, 0.1) is 10.2 Å². The van der Waals surface area contributed by atoms with E-state index in [9.17, 15) is 0 Å². The van der Waals surface area contributed by atoms with Crippen LogP contribution in [0.1, 0.15) is 25.0 Å². The van der Waals surface area contributed by atoms with Gasteiger partial charge in [0.15, 0.2) is 0 Å². The first-order valence-electron chi connectivity index (χ1n) is 17.8. The zero-order valence-corrected chi connectivity index (χ0v) is 30.4. The second kappa shape index (κ2) is 11.1. The molecule has 0 fully saturated rings. The molecule has 0 aliphatic heterocycles. The molecule has 0 bridgehead atoms. The highest BCUT2D eigenvalue weighted by atomic mass is 32.1. The molecule has 0 spiro atoms. The topological polar surface area (TPSA) is 16.1 Å². The van der Waals surface area contributed by atoms with Crippen molar-refractivity contribution in [2.75, 3.05) is 4.90 Å². The van der Waals surface area contributed by atoms with Gasteiger partial charge in [-0.15, -0.1) is 22.7 Å². The average molecular weight is 701 g/mol. The maximum atomic E-state index is 5.05. The zero-order valence-electron chi connectivity index (χ0n) is 28.7. The van der Waals surface area contributed by atoms with E-state index in [1.165, 1.54) is 74.2 Å². The Labute approximate surface area is 309 Å². The second-order valence-electron chi connectivity index (χ2n) is 14.4. The molecule has 8 aromatic carbocycles. The van der Waals surface area contributed by atoms with Gasteiger partial charge < -0.3 is 4.90 Å². The molecule has 0 atom stereocenters. The summed E-state index contributed by atoms with van der Waals surface area (Å²) >= 11 is 3.66. The number of rotatable bonds is 4. The minimum atomic E-state index is -0.168. The third-order valence-corrected chi connectivity index (χ3v) is 13.3. The number of nitrogens with zero attached hydrogens (tertiary/aromatic N) is 2. The van der Waals surface area contributed by atoms with Crippen LogP contribution in [0.3, 0.4) is 0 Å². The van der Waals surface area contributed by atoms with Crippen LogP contribution in [-0.4, -0.2) is 4.98 Å². The number of hydrogen-bond acceptors (Lipinski definition) is 4. The molecule has 0 N–H and O–H groups in total. The summed E-state index contributed by atoms with van der Waals surface area (Å²) < 4.78 is 3.90. The molecular formula is C48H32N2S2. The Kier molecular flexibility index (Phi) is 6.37. The summed E-state index contributed by atoms with van der Waals surface area (Å²) in [5.41, 5.74) is 11.0. The SMILES string of the molecule is CC1(C)c2cc3cc(N(c4ccccc4)c4ccc5sc6ccccc6c5c4)ccc3cc2-c2ccc3c(ccc4nc(-c5ccccc5)sc43)c21. The van der Waals surface area contributed by atoms with Crippen LogP contribution < -0.4 is 4.90 Å². The monoisotopic (exact) mass is 700 g/mol. The Bertz CT molecular complexity index is 3040. The Morgan fingerprint density at radius 3 is 2.10 bits per heavy atom. The zero-order chi connectivity index (χ0) is 34.6. The maximum absolute atomic E-state index is 5.05. The molecule has 0 radical (unpaired) electrons. The number of hydrogen-bond donors (Lipinski definition) is 0. The van der Waals surface area contributed by atoms with Crippen LogP contribution in [0.5, 0.6) is 0 Å². The minimum Gasteiger partial charge on any atom is -0.310 e. The molecule has 0 unspecified atom stereocenters. The Balaban J connectivity index is 1.05. The highest BCUT2D eigenvalue weighted by molar-refractivity contribution is 7.25. The number of thiophene rings is 1. The van der Waals surface area contributed by atoms with E-state index >= 15 is 0 Å². The highest BCUT2D eigenvalue weighted by Crippen LogP contribution is 2.54. The van der Waals surface area contributed by atoms with Gasteiger partial charge in [0.2, 0.25) is 0 Å². The van der Waals surface area contributed by atoms with Gasteiger partial charge in [-0.1, -0.05) is 105 Å². The predicted molar refractivity (Wildman–Crippen MR) is 225 cm³/mol. The van der Waals surface area contributed by atoms with Crippen LogP contribution in [0.2, 0.25) is 0 Å². The molecule has 1 aliphatic carbocycles. The fourth-order valence-electron chi connectivity index (χ4n) is 8.57. The van der Waals surface area contributed by atoms with Crippen molar-refractivity contribution in [1.82, 2.24) is 4.98 Å². The fourth-order valence-corrected chi connectivity index (χ4v) is 10.8. The van der Waals surface area contributed by atoms with E-state index in [4.69, 9.17) is 4.98 Å². The molecule has 2 nitrogen and oxygen atoms in total. The van der Waals surface area contributed by atoms with E-state index in [1.54, 1.807) is 11.3 Å². The van der Waals surface area contributed by atoms with Gasteiger partial charge in [-0.2, -0.15) is 0 Å². The lowest BCUT2D eigenvalue weighted by molar-refractivity contribution is 0.667. The molecule has 1 aliphatic rings. The summed E-state index contributed by atoms with van der Waals surface area (Å²) in [5, 5.41) is 8.81. The van der Waals surface area contributed by atoms with Crippen LogP contribution in [0.25, 0.3) is 73.6 Å². The molecule has 0 saturated carbocycles. The van der Waals surface area contributed by atoms with Crippen molar-refractivity contribution in [2.24, 2.45) is 0 Å². The lowest BCUT2D eigenvalue weighted by Gasteiger charge is -2.26. The molecule has 11 rings (SSSR count). The van der Waals surface area contributed by atoms with Gasteiger partial charge in [-0.25, -0.2) is 4.98 Å². The fraction of sp³-hybridized carbons (Fsp3) is 0.0625. The molecule has 0 amide bonds. The Morgan fingerprint density at radius 1 is 0.500 bits per heavy atom. The van der Waals surface area contributed by atoms with Crippen molar-refractivity contribution in [3.63, 3.8) is 0 Å². The van der Waals surface area contributed by atoms with E-state index in [-0.39, 0.29) is 5.41 Å². The van der Waals surface area contributed by atoms with Crippen LogP contribution in [0.4, 0.5) is 17.1 Å². The van der Waals surface area contributed by atoms with Gasteiger partial charge in [-0.05, 0) is 105 Å². The quantitative estimate of drug-likeness (QED) is 0.182. The van der Waals surface area contributed by atoms with Gasteiger partial charge in [-0.3, -0.25) is 0 Å². The van der Waals surface area contributed by atoms with Gasteiger partial charge in [0.1, 0.15) is 5.01 Å². The predicted octanol–water partition coefficient (Wildman–Crippen LogP) is 14.4. The van der Waals surface area contributed by atoms with Crippen LogP contribution in [-0.2, 0) is 5.41 Å². The third-order valence-electron chi connectivity index (χ3n) is 11.0. The molecule has 10 aromatic rings. The van der Waals surface area contributed by atoms with Crippen molar-refractivity contribution in [2.45, 2.75) is 19.3 Å². The summed E-state index contributed by atoms with van der Waals surface area (Å²) in [6.45, 7) is 4.80. The van der Waals surface area contributed by atoms with Gasteiger partial charge in [0, 0.05) is 53.6 Å². The van der Waals surface area contributed by atoms with Crippen LogP contribution >= 0.6 is 22.7 Å². The second-order valence-corrected chi connectivity index (χ2v) is 16.5. The molecule has 52 heavy (non-hydrogen) atoms. The summed E-state index contributed by atoms with van der Waals surface area (Å²) in [4.78, 5) is 7.44. The maximum Gasteiger partial charge on any atom is 0.124 e. The lowest BCUT2D eigenvalue weighted by atomic mass is 9.80. The Morgan fingerprint density at radius 2 is 1.23 bits per heavy atom. The van der Waals surface area contributed by atoms with Crippen LogP contribution in [0.15, 0.2) is 158 Å². The van der Waals surface area contributed by atoms with Gasteiger partial charge >= 0.3 is 0 Å². The van der Waals surface area contributed by atoms with Crippen molar-refractivity contribution >= 4 is 91.7 Å². The van der Waals surface area contributed by atoms with E-state index in [2.05, 4.69) is 176 Å². The number of thiazole rings is 1. The lowest BCUT2D eigenvalue weighted by Crippen LogP contribution is -2.15. The van der Waals surface area contributed by atoms with Gasteiger partial charge in [0.25, 0.3) is 0 Å². The van der Waals surface area contributed by atoms with Crippen molar-refractivity contribution < 1.29 is 0 Å². The number of benzene rings is 8. The first kappa shape index (κ1) is 29.9. The first-order valence-corrected chi connectivity index (χ1v) is 19.4. The van der Waals surface area contributed by atoms with E-state index in [0.29, 0.717) is 0 Å². The Hall–Kier alpha value is -5.81. The molecule has 0 saturated heterocycles. The molecular weight excluding hydrogens is 669 g/mol. The minimum absolute atomic E-state index is 0.168. The van der Waals surface area contributed by atoms with Crippen LogP contribution in [0, 0.1) is 0 Å². The highest BCUT2D eigenvalue weighted by Gasteiger charge is 2.37. The third kappa shape index (κ3) is 4.38. The summed E-state index contributed by atoms with van der Waals surface area (Å²) in [6.07, 6.45) is 0. The summed E-state index contributed by atoms with van der Waals surface area (Å²) in [7, 11) is 0. The molecule has 246 valence electrons. The molecule has 2 heterocycles. The average Bonchev–Trinajstić information content (AvgIpc) is 3.85. The van der Waals surface area contributed by atoms with Crippen molar-refractivity contribution in [1.29, 1.82) is 0 Å². The molecule has 4 heteroatoms. The summed E-state index contributed by atoms with van der Waals surface area (Å²) in [6, 6.07) is 58.0. The number of fused-ring (bicyclic) bond motifs is 11. The van der Waals surface area contributed by atoms with Crippen molar-refractivity contribution in [3.8, 4) is 21.7 Å². The molecule has 2 aromatic heterocycles. The normalized spacial score (nSPS) is 13.3. The van der Waals surface area contributed by atoms with E-state index < -0.39 is 0 Å². The largest absolute Gasteiger partial charge is 0.310 e. The standard InChI is InChI=1S/C48H32N2S2/c1-48(2)41-27-31-25-33(50(32-13-7-4-8-14-32)34-19-24-44-40(28-34)35-15-9-10-16-43(35)51-44)18-17-30(31)26-39(41)37-20-21-38-36(45(37)48)22-23-42-46(38)52-47(49-42)29-11-5-3-6-12-29/h3-28H,1-2H3. The first-order chi connectivity index (χ1) is 25.5. The van der Waals surface area contributed by atoms with Crippen molar-refractivity contribution in [3.05, 3.63) is 169 Å². The van der Waals surface area contributed by atoms with E-state index in [1.807, 2.05) is 11.3 Å².